The molecule has 1 aliphatic heterocycles. The summed E-state index contributed by atoms with van der Waals surface area (Å²) in [5, 5.41) is 3.23. The first-order chi connectivity index (χ1) is 7.75. The fourth-order valence-corrected chi connectivity index (χ4v) is 1.90. The number of nitrogens with two attached hydrogens (primary N) is 1. The molecule has 0 saturated carbocycles. The van der Waals surface area contributed by atoms with Gasteiger partial charge in [0.1, 0.15) is 0 Å². The number of carbonyl (C=O) groups is 1. The van der Waals surface area contributed by atoms with E-state index in [4.69, 9.17) is 5.73 Å². The van der Waals surface area contributed by atoms with Crippen molar-refractivity contribution in [1.82, 2.24) is 10.2 Å². The third-order valence-corrected chi connectivity index (χ3v) is 2.78. The average Bonchev–Trinajstić information content (AvgIpc) is 2.30. The second-order valence-electron chi connectivity index (χ2n) is 4.05. The fourth-order valence-electron chi connectivity index (χ4n) is 1.90. The highest BCUT2D eigenvalue weighted by atomic mass is 16.2. The number of amides is 1. The van der Waals surface area contributed by atoms with Crippen LogP contribution in [0.3, 0.4) is 0 Å². The molecule has 86 valence electrons. The topological polar surface area (TPSA) is 58.4 Å². The van der Waals surface area contributed by atoms with E-state index in [-0.39, 0.29) is 5.91 Å². The van der Waals surface area contributed by atoms with Crippen molar-refractivity contribution in [3.8, 4) is 0 Å². The number of carbonyl (C=O) groups excluding carboxylic acids is 1. The van der Waals surface area contributed by atoms with E-state index in [1.807, 2.05) is 29.2 Å². The first-order valence-corrected chi connectivity index (χ1v) is 5.58. The Morgan fingerprint density at radius 2 is 2.12 bits per heavy atom. The van der Waals surface area contributed by atoms with Gasteiger partial charge in [-0.25, -0.2) is 0 Å². The number of piperazine rings is 1. The first-order valence-electron chi connectivity index (χ1n) is 5.58. The number of nitrogens with one attached hydrogen (secondary N) is 1. The largest absolute Gasteiger partial charge is 0.399 e. The van der Waals surface area contributed by atoms with Gasteiger partial charge in [-0.15, -0.1) is 0 Å². The van der Waals surface area contributed by atoms with Gasteiger partial charge in [0.25, 0.3) is 0 Å². The van der Waals surface area contributed by atoms with Crippen LogP contribution in [0.2, 0.25) is 0 Å². The van der Waals surface area contributed by atoms with E-state index in [0.717, 1.165) is 31.7 Å². The van der Waals surface area contributed by atoms with Gasteiger partial charge in [-0.05, 0) is 17.7 Å². The predicted octanol–water partition coefficient (Wildman–Crippen LogP) is 0.243. The number of hydrogen-bond donors (Lipinski definition) is 2. The Labute approximate surface area is 95.4 Å². The van der Waals surface area contributed by atoms with E-state index in [0.29, 0.717) is 12.1 Å². The molecule has 1 amide bonds. The molecule has 0 spiro atoms. The summed E-state index contributed by atoms with van der Waals surface area (Å²) in [6.45, 7) is 3.40. The standard InChI is InChI=1S/C12H17N3O/c13-11-3-1-2-10(8-11)9-12(16)15-6-4-14-5-7-15/h1-3,8,14H,4-7,9,13H2. The van der Waals surface area contributed by atoms with Crippen LogP contribution in [0.5, 0.6) is 0 Å². The number of benzene rings is 1. The van der Waals surface area contributed by atoms with Crippen molar-refractivity contribution in [3.63, 3.8) is 0 Å². The normalized spacial score (nSPS) is 16.1. The van der Waals surface area contributed by atoms with Gasteiger partial charge in [0.2, 0.25) is 5.91 Å². The van der Waals surface area contributed by atoms with Crippen molar-refractivity contribution in [1.29, 1.82) is 0 Å². The molecule has 0 aromatic heterocycles. The summed E-state index contributed by atoms with van der Waals surface area (Å²) in [4.78, 5) is 13.8. The Balaban J connectivity index is 1.96. The molecule has 1 fully saturated rings. The summed E-state index contributed by atoms with van der Waals surface area (Å²) < 4.78 is 0. The highest BCUT2D eigenvalue weighted by Gasteiger charge is 2.16. The van der Waals surface area contributed by atoms with Crippen LogP contribution < -0.4 is 11.1 Å². The van der Waals surface area contributed by atoms with E-state index < -0.39 is 0 Å². The molecule has 1 heterocycles. The summed E-state index contributed by atoms with van der Waals surface area (Å²) >= 11 is 0. The molecule has 1 saturated heterocycles. The second kappa shape index (κ2) is 4.99. The Morgan fingerprint density at radius 1 is 1.38 bits per heavy atom. The third kappa shape index (κ3) is 2.73. The van der Waals surface area contributed by atoms with E-state index in [2.05, 4.69) is 5.32 Å². The zero-order valence-corrected chi connectivity index (χ0v) is 9.28. The van der Waals surface area contributed by atoms with Crippen LogP contribution in [0, 0.1) is 0 Å². The Hall–Kier alpha value is -1.55. The van der Waals surface area contributed by atoms with E-state index in [1.54, 1.807) is 0 Å². The molecule has 2 rings (SSSR count). The van der Waals surface area contributed by atoms with Crippen LogP contribution >= 0.6 is 0 Å². The molecule has 4 heteroatoms. The van der Waals surface area contributed by atoms with Crippen molar-refractivity contribution in [2.45, 2.75) is 6.42 Å². The summed E-state index contributed by atoms with van der Waals surface area (Å²) in [5.41, 5.74) is 7.38. The minimum atomic E-state index is 0.187. The summed E-state index contributed by atoms with van der Waals surface area (Å²) in [5.74, 6) is 0.187. The average molecular weight is 219 g/mol. The van der Waals surface area contributed by atoms with Crippen molar-refractivity contribution < 1.29 is 4.79 Å². The van der Waals surface area contributed by atoms with Crippen molar-refractivity contribution in [3.05, 3.63) is 29.8 Å². The summed E-state index contributed by atoms with van der Waals surface area (Å²) in [6, 6.07) is 7.52. The maximum atomic E-state index is 11.9. The molecule has 0 atom stereocenters. The van der Waals surface area contributed by atoms with Crippen LogP contribution in [0.25, 0.3) is 0 Å². The van der Waals surface area contributed by atoms with Gasteiger partial charge in [0.15, 0.2) is 0 Å². The molecule has 16 heavy (non-hydrogen) atoms. The smallest absolute Gasteiger partial charge is 0.227 e. The lowest BCUT2D eigenvalue weighted by Gasteiger charge is -2.27. The molecule has 0 aliphatic carbocycles. The molecule has 1 aliphatic rings. The van der Waals surface area contributed by atoms with Crippen LogP contribution in [0.4, 0.5) is 5.69 Å². The van der Waals surface area contributed by atoms with Crippen LogP contribution in [-0.4, -0.2) is 37.0 Å². The van der Waals surface area contributed by atoms with Crippen molar-refractivity contribution >= 4 is 11.6 Å². The van der Waals surface area contributed by atoms with Crippen LogP contribution in [-0.2, 0) is 11.2 Å². The quantitative estimate of drug-likeness (QED) is 0.701. The molecule has 4 nitrogen and oxygen atoms in total. The number of nitrogens with zero attached hydrogens (tertiary/aromatic N) is 1. The van der Waals surface area contributed by atoms with Gasteiger partial charge in [-0.3, -0.25) is 4.79 Å². The van der Waals surface area contributed by atoms with Gasteiger partial charge in [-0.2, -0.15) is 0 Å². The van der Waals surface area contributed by atoms with Gasteiger partial charge >= 0.3 is 0 Å². The number of anilines is 1. The fraction of sp³-hybridized carbons (Fsp3) is 0.417. The van der Waals surface area contributed by atoms with E-state index >= 15 is 0 Å². The predicted molar refractivity (Wildman–Crippen MR) is 64.0 cm³/mol. The Kier molecular flexibility index (Phi) is 3.41. The van der Waals surface area contributed by atoms with Gasteiger partial charge in [-0.1, -0.05) is 12.1 Å². The SMILES string of the molecule is Nc1cccc(CC(=O)N2CCNCC2)c1. The Morgan fingerprint density at radius 3 is 2.81 bits per heavy atom. The van der Waals surface area contributed by atoms with Crippen molar-refractivity contribution in [2.24, 2.45) is 0 Å². The lowest BCUT2D eigenvalue weighted by Crippen LogP contribution is -2.46. The molecular weight excluding hydrogens is 202 g/mol. The van der Waals surface area contributed by atoms with E-state index in [1.165, 1.54) is 0 Å². The summed E-state index contributed by atoms with van der Waals surface area (Å²) in [7, 11) is 0. The number of hydrogen-bond acceptors (Lipinski definition) is 3. The maximum Gasteiger partial charge on any atom is 0.227 e. The molecule has 1 aromatic carbocycles. The molecule has 3 N–H and O–H groups in total. The Bertz CT molecular complexity index is 372. The molecule has 0 unspecified atom stereocenters. The van der Waals surface area contributed by atoms with Gasteiger partial charge in [0, 0.05) is 31.9 Å². The monoisotopic (exact) mass is 219 g/mol. The molecule has 0 radical (unpaired) electrons. The first kappa shape index (κ1) is 11.0. The molecule has 1 aromatic rings. The second-order valence-corrected chi connectivity index (χ2v) is 4.05. The molecular formula is C12H17N3O. The molecule has 0 bridgehead atoms. The van der Waals surface area contributed by atoms with E-state index in [9.17, 15) is 4.79 Å². The van der Waals surface area contributed by atoms with Crippen LogP contribution in [0.1, 0.15) is 5.56 Å². The zero-order chi connectivity index (χ0) is 11.4. The third-order valence-electron chi connectivity index (χ3n) is 2.78. The van der Waals surface area contributed by atoms with Gasteiger partial charge < -0.3 is 16.0 Å². The number of rotatable bonds is 2. The highest BCUT2D eigenvalue weighted by Crippen LogP contribution is 2.08. The zero-order valence-electron chi connectivity index (χ0n) is 9.28. The minimum Gasteiger partial charge on any atom is -0.399 e. The summed E-state index contributed by atoms with van der Waals surface area (Å²) in [6.07, 6.45) is 0.449. The minimum absolute atomic E-state index is 0.187. The van der Waals surface area contributed by atoms with Gasteiger partial charge in [0.05, 0.1) is 6.42 Å². The maximum absolute atomic E-state index is 11.9. The lowest BCUT2D eigenvalue weighted by molar-refractivity contribution is -0.131. The lowest BCUT2D eigenvalue weighted by atomic mass is 10.1. The van der Waals surface area contributed by atoms with Crippen molar-refractivity contribution in [2.75, 3.05) is 31.9 Å². The van der Waals surface area contributed by atoms with Crippen LogP contribution in [0.15, 0.2) is 24.3 Å². The highest BCUT2D eigenvalue weighted by molar-refractivity contribution is 5.79. The number of nitrogen functional groups attached to an aromatic ring is 1.